The van der Waals surface area contributed by atoms with Gasteiger partial charge in [0.2, 0.25) is 12.7 Å². The Balaban J connectivity index is 1.37. The molecule has 11 heteroatoms. The third-order valence-corrected chi connectivity index (χ3v) is 5.25. The Labute approximate surface area is 185 Å². The van der Waals surface area contributed by atoms with Crippen LogP contribution in [0, 0.1) is 10.1 Å². The van der Waals surface area contributed by atoms with Gasteiger partial charge in [0, 0.05) is 30.1 Å². The molecule has 0 unspecified atom stereocenters. The molecular weight excluding hydrogens is 438 g/mol. The second-order valence-corrected chi connectivity index (χ2v) is 7.37. The number of esters is 1. The zero-order chi connectivity index (χ0) is 22.5. The Morgan fingerprint density at radius 2 is 1.91 bits per heavy atom. The maximum atomic E-state index is 12.6. The fourth-order valence-corrected chi connectivity index (χ4v) is 3.55. The zero-order valence-corrected chi connectivity index (χ0v) is 17.2. The van der Waals surface area contributed by atoms with Gasteiger partial charge in [0.15, 0.2) is 11.5 Å². The van der Waals surface area contributed by atoms with Gasteiger partial charge in [0.1, 0.15) is 10.8 Å². The molecule has 1 aliphatic heterocycles. The lowest BCUT2D eigenvalue weighted by atomic mass is 10.3. The van der Waals surface area contributed by atoms with Gasteiger partial charge in [-0.3, -0.25) is 14.9 Å². The van der Waals surface area contributed by atoms with Crippen LogP contribution in [0.2, 0.25) is 0 Å². The molecule has 0 saturated carbocycles. The summed E-state index contributed by atoms with van der Waals surface area (Å²) in [6, 6.07) is 13.3. The van der Waals surface area contributed by atoms with E-state index in [1.807, 2.05) is 0 Å². The van der Waals surface area contributed by atoms with Crippen LogP contribution in [0.3, 0.4) is 0 Å². The first-order valence-corrected chi connectivity index (χ1v) is 10.2. The van der Waals surface area contributed by atoms with Crippen molar-refractivity contribution < 1.29 is 28.7 Å². The number of ether oxygens (including phenoxy) is 3. The molecular formula is C21H15N3O7S. The Morgan fingerprint density at radius 3 is 2.69 bits per heavy atom. The van der Waals surface area contributed by atoms with E-state index in [9.17, 15) is 19.7 Å². The molecule has 0 spiro atoms. The minimum atomic E-state index is -0.689. The molecule has 2 aromatic carbocycles. The van der Waals surface area contributed by atoms with Crippen molar-refractivity contribution in [3.8, 4) is 17.2 Å². The number of thioether (sulfide) groups is 1. The molecule has 0 bridgehead atoms. The highest BCUT2D eigenvalue weighted by molar-refractivity contribution is 8.00. The molecule has 162 valence electrons. The summed E-state index contributed by atoms with van der Waals surface area (Å²) >= 11 is 1.08. The molecule has 3 aromatic rings. The number of hydrogen-bond donors (Lipinski definition) is 1. The number of amides is 1. The monoisotopic (exact) mass is 453 g/mol. The van der Waals surface area contributed by atoms with E-state index < -0.39 is 10.9 Å². The molecule has 0 aliphatic carbocycles. The maximum Gasteiger partial charge on any atom is 0.346 e. The van der Waals surface area contributed by atoms with Gasteiger partial charge in [-0.1, -0.05) is 11.8 Å². The van der Waals surface area contributed by atoms with Gasteiger partial charge in [-0.15, -0.1) is 0 Å². The number of nitro groups is 1. The topological polar surface area (TPSA) is 130 Å². The summed E-state index contributed by atoms with van der Waals surface area (Å²) in [6.07, 6.45) is 1.50. The fourth-order valence-electron chi connectivity index (χ4n) is 2.76. The third kappa shape index (κ3) is 4.95. The number of hydrogen-bond acceptors (Lipinski definition) is 9. The number of nitrogens with one attached hydrogen (secondary N) is 1. The van der Waals surface area contributed by atoms with Crippen molar-refractivity contribution in [3.05, 3.63) is 76.5 Å². The van der Waals surface area contributed by atoms with E-state index in [2.05, 4.69) is 10.3 Å². The molecule has 0 fully saturated rings. The Morgan fingerprint density at radius 1 is 1.12 bits per heavy atom. The van der Waals surface area contributed by atoms with Gasteiger partial charge in [-0.2, -0.15) is 0 Å². The van der Waals surface area contributed by atoms with Crippen LogP contribution in [0.25, 0.3) is 0 Å². The van der Waals surface area contributed by atoms with Gasteiger partial charge >= 0.3 is 5.97 Å². The number of benzene rings is 2. The summed E-state index contributed by atoms with van der Waals surface area (Å²) in [4.78, 5) is 39.3. The quantitative estimate of drug-likeness (QED) is 0.187. The maximum absolute atomic E-state index is 12.6. The number of nitrogens with zero attached hydrogens (tertiary/aromatic N) is 2. The number of anilines is 1. The number of nitro benzene ring substituents is 1. The number of carbonyl (C=O) groups is 2. The number of non-ortho nitro benzene ring substituents is 1. The lowest BCUT2D eigenvalue weighted by Crippen LogP contribution is -2.15. The van der Waals surface area contributed by atoms with Gasteiger partial charge in [-0.25, -0.2) is 9.78 Å². The average molecular weight is 453 g/mol. The first kappa shape index (κ1) is 21.1. The van der Waals surface area contributed by atoms with Crippen LogP contribution in [-0.2, 0) is 4.79 Å². The highest BCUT2D eigenvalue weighted by Crippen LogP contribution is 2.34. The molecule has 1 aliphatic rings. The minimum absolute atomic E-state index is 0.00324. The molecule has 0 atom stereocenters. The molecule has 0 radical (unpaired) electrons. The van der Waals surface area contributed by atoms with Crippen molar-refractivity contribution in [3.63, 3.8) is 0 Å². The largest absolute Gasteiger partial charge is 0.454 e. The van der Waals surface area contributed by atoms with Gasteiger partial charge in [-0.05, 0) is 36.4 Å². The number of carbonyl (C=O) groups excluding carboxylic acids is 2. The molecule has 10 nitrogen and oxygen atoms in total. The molecule has 4 rings (SSSR count). The minimum Gasteiger partial charge on any atom is -0.454 e. The predicted octanol–water partition coefficient (Wildman–Crippen LogP) is 3.67. The number of rotatable bonds is 7. The van der Waals surface area contributed by atoms with Gasteiger partial charge < -0.3 is 19.5 Å². The highest BCUT2D eigenvalue weighted by Gasteiger charge is 2.18. The van der Waals surface area contributed by atoms with Crippen LogP contribution in [0.5, 0.6) is 17.2 Å². The lowest BCUT2D eigenvalue weighted by Gasteiger charge is -2.09. The molecule has 1 N–H and O–H groups in total. The molecule has 2 heterocycles. The summed E-state index contributed by atoms with van der Waals surface area (Å²) in [6.45, 7) is 0.140. The van der Waals surface area contributed by atoms with E-state index in [1.54, 1.807) is 24.3 Å². The van der Waals surface area contributed by atoms with E-state index in [0.29, 0.717) is 22.2 Å². The third-order valence-electron chi connectivity index (χ3n) is 4.25. The van der Waals surface area contributed by atoms with Crippen molar-refractivity contribution in [2.75, 3.05) is 17.9 Å². The molecule has 0 saturated heterocycles. The summed E-state index contributed by atoms with van der Waals surface area (Å²) < 4.78 is 15.8. The molecule has 1 amide bonds. The van der Waals surface area contributed by atoms with Gasteiger partial charge in [0.05, 0.1) is 16.2 Å². The predicted molar refractivity (Wildman–Crippen MR) is 114 cm³/mol. The van der Waals surface area contributed by atoms with Crippen LogP contribution in [-0.4, -0.2) is 34.3 Å². The first-order valence-electron chi connectivity index (χ1n) is 9.23. The Kier molecular flexibility index (Phi) is 6.17. The second-order valence-electron chi connectivity index (χ2n) is 6.40. The van der Waals surface area contributed by atoms with Crippen LogP contribution in [0.4, 0.5) is 11.4 Å². The normalized spacial score (nSPS) is 11.6. The average Bonchev–Trinajstić information content (AvgIpc) is 3.26. The highest BCUT2D eigenvalue weighted by atomic mass is 32.2. The molecule has 32 heavy (non-hydrogen) atoms. The van der Waals surface area contributed by atoms with Crippen molar-refractivity contribution >= 4 is 35.0 Å². The van der Waals surface area contributed by atoms with E-state index in [-0.39, 0.29) is 35.5 Å². The van der Waals surface area contributed by atoms with Crippen molar-refractivity contribution in [2.45, 2.75) is 5.03 Å². The van der Waals surface area contributed by atoms with Crippen LogP contribution < -0.4 is 19.5 Å². The smallest absolute Gasteiger partial charge is 0.346 e. The summed E-state index contributed by atoms with van der Waals surface area (Å²) in [5.41, 5.74) is 0.612. The van der Waals surface area contributed by atoms with Crippen LogP contribution in [0.15, 0.2) is 65.8 Å². The second kappa shape index (κ2) is 9.35. The number of pyridine rings is 1. The van der Waals surface area contributed by atoms with Crippen LogP contribution in [0.1, 0.15) is 10.4 Å². The van der Waals surface area contributed by atoms with E-state index in [4.69, 9.17) is 14.2 Å². The van der Waals surface area contributed by atoms with E-state index in [0.717, 1.165) is 11.8 Å². The summed E-state index contributed by atoms with van der Waals surface area (Å²) in [5, 5.41) is 13.8. The van der Waals surface area contributed by atoms with Gasteiger partial charge in [0.25, 0.3) is 5.69 Å². The lowest BCUT2D eigenvalue weighted by molar-refractivity contribution is -0.384. The van der Waals surface area contributed by atoms with Crippen molar-refractivity contribution in [1.29, 1.82) is 0 Å². The van der Waals surface area contributed by atoms with E-state index in [1.165, 1.54) is 36.5 Å². The van der Waals surface area contributed by atoms with Crippen molar-refractivity contribution in [2.24, 2.45) is 0 Å². The SMILES string of the molecule is O=C(CSc1ncccc1C(=O)Oc1ccc([N+](=O)[O-])cc1)Nc1ccc2c(c1)OCO2. The van der Waals surface area contributed by atoms with Crippen LogP contribution >= 0.6 is 11.8 Å². The first-order chi connectivity index (χ1) is 15.5. The zero-order valence-electron chi connectivity index (χ0n) is 16.3. The standard InChI is InChI=1S/C21H15N3O7S/c25-19(23-13-3-8-17-18(10-13)30-12-29-17)11-32-20-16(2-1-9-22-20)21(26)31-15-6-4-14(5-7-15)24(27)28/h1-10H,11-12H2,(H,23,25). The summed E-state index contributed by atoms with van der Waals surface area (Å²) in [7, 11) is 0. The fraction of sp³-hybridized carbons (Fsp3) is 0.0952. The number of aromatic nitrogens is 1. The number of fused-ring (bicyclic) bond motifs is 1. The Hall–Kier alpha value is -4.12. The van der Waals surface area contributed by atoms with E-state index >= 15 is 0 Å². The molecule has 1 aromatic heterocycles. The Bertz CT molecular complexity index is 1180. The summed E-state index contributed by atoms with van der Waals surface area (Å²) in [5.74, 6) is 0.336. The van der Waals surface area contributed by atoms with Crippen molar-refractivity contribution in [1.82, 2.24) is 4.98 Å².